The first-order valence-electron chi connectivity index (χ1n) is 7.28. The molecular formula is C16H12Cl3N5OS. The summed E-state index contributed by atoms with van der Waals surface area (Å²) in [6.07, 6.45) is 0. The van der Waals surface area contributed by atoms with Gasteiger partial charge < -0.3 is 11.2 Å². The summed E-state index contributed by atoms with van der Waals surface area (Å²) in [5.74, 6) is 6.37. The van der Waals surface area contributed by atoms with E-state index in [1.54, 1.807) is 30.3 Å². The summed E-state index contributed by atoms with van der Waals surface area (Å²) in [6.45, 7) is 0. The molecule has 1 heterocycles. The van der Waals surface area contributed by atoms with Crippen LogP contribution in [0.2, 0.25) is 15.1 Å². The number of rotatable bonds is 5. The van der Waals surface area contributed by atoms with Crippen molar-refractivity contribution in [3.8, 4) is 0 Å². The maximum atomic E-state index is 12.4. The number of thioether (sulfide) groups is 1. The Labute approximate surface area is 168 Å². The second kappa shape index (κ2) is 8.18. The minimum atomic E-state index is -0.533. The molecule has 0 bridgehead atoms. The Kier molecular flexibility index (Phi) is 5.93. The lowest BCUT2D eigenvalue weighted by Crippen LogP contribution is -2.32. The van der Waals surface area contributed by atoms with E-state index in [1.807, 2.05) is 12.1 Å². The molecule has 0 radical (unpaired) electrons. The normalized spacial score (nSPS) is 10.7. The molecule has 0 aliphatic carbocycles. The highest BCUT2D eigenvalue weighted by atomic mass is 35.5. The number of hydrogen-bond donors (Lipinski definition) is 2. The van der Waals surface area contributed by atoms with Crippen LogP contribution in [-0.2, 0) is 5.75 Å². The highest BCUT2D eigenvalue weighted by Crippen LogP contribution is 2.27. The minimum Gasteiger partial charge on any atom is -0.334 e. The van der Waals surface area contributed by atoms with Crippen molar-refractivity contribution in [2.24, 2.45) is 0 Å². The Bertz CT molecular complexity index is 994. The van der Waals surface area contributed by atoms with Crippen molar-refractivity contribution in [1.29, 1.82) is 0 Å². The fourth-order valence-electron chi connectivity index (χ4n) is 2.01. The van der Waals surface area contributed by atoms with Crippen molar-refractivity contribution < 1.29 is 0 Å². The van der Waals surface area contributed by atoms with Crippen molar-refractivity contribution in [1.82, 2.24) is 14.9 Å². The van der Waals surface area contributed by atoms with Crippen LogP contribution in [0.4, 0.5) is 11.5 Å². The largest absolute Gasteiger partial charge is 0.334 e. The average molecular weight is 429 g/mol. The molecule has 26 heavy (non-hydrogen) atoms. The first-order chi connectivity index (χ1) is 12.4. The molecule has 6 nitrogen and oxygen atoms in total. The molecule has 10 heteroatoms. The maximum Gasteiger partial charge on any atom is 0.315 e. The fourth-order valence-corrected chi connectivity index (χ4v) is 3.28. The lowest BCUT2D eigenvalue weighted by atomic mass is 10.2. The van der Waals surface area contributed by atoms with Gasteiger partial charge in [-0.3, -0.25) is 4.79 Å². The molecule has 0 amide bonds. The first kappa shape index (κ1) is 18.8. The van der Waals surface area contributed by atoms with Gasteiger partial charge in [-0.05, 0) is 35.9 Å². The molecule has 3 N–H and O–H groups in total. The fraction of sp³-hybridized carbons (Fsp3) is 0.0625. The molecule has 0 unspecified atom stereocenters. The molecule has 0 aliphatic heterocycles. The van der Waals surface area contributed by atoms with Crippen LogP contribution in [0.1, 0.15) is 5.56 Å². The molecule has 0 saturated heterocycles. The van der Waals surface area contributed by atoms with Crippen LogP contribution in [0, 0.1) is 0 Å². The van der Waals surface area contributed by atoms with Crippen LogP contribution >= 0.6 is 46.6 Å². The zero-order valence-corrected chi connectivity index (χ0v) is 16.2. The summed E-state index contributed by atoms with van der Waals surface area (Å²) < 4.78 is 0.939. The zero-order valence-electron chi connectivity index (χ0n) is 13.1. The van der Waals surface area contributed by atoms with E-state index < -0.39 is 5.56 Å². The topological polar surface area (TPSA) is 85.8 Å². The number of nitrogens with one attached hydrogen (secondary N) is 1. The zero-order chi connectivity index (χ0) is 18.7. The van der Waals surface area contributed by atoms with Gasteiger partial charge in [0.2, 0.25) is 11.0 Å². The molecule has 134 valence electrons. The number of hydrogen-bond acceptors (Lipinski definition) is 6. The van der Waals surface area contributed by atoms with Crippen molar-refractivity contribution in [3.63, 3.8) is 0 Å². The van der Waals surface area contributed by atoms with E-state index in [-0.39, 0.29) is 11.0 Å². The Hall–Kier alpha value is -1.93. The highest BCUT2D eigenvalue weighted by Gasteiger charge is 2.12. The molecule has 0 fully saturated rings. The van der Waals surface area contributed by atoms with Gasteiger partial charge in [0.1, 0.15) is 0 Å². The van der Waals surface area contributed by atoms with E-state index in [4.69, 9.17) is 40.6 Å². The molecule has 0 spiro atoms. The third-order valence-corrected chi connectivity index (χ3v) is 5.16. The Morgan fingerprint density at radius 2 is 1.73 bits per heavy atom. The van der Waals surface area contributed by atoms with Gasteiger partial charge in [0, 0.05) is 15.8 Å². The van der Waals surface area contributed by atoms with Gasteiger partial charge in [0.25, 0.3) is 0 Å². The summed E-state index contributed by atoms with van der Waals surface area (Å²) in [6, 6.07) is 12.2. The van der Waals surface area contributed by atoms with Crippen LogP contribution in [0.15, 0.2) is 52.4 Å². The molecular weight excluding hydrogens is 417 g/mol. The van der Waals surface area contributed by atoms with E-state index >= 15 is 0 Å². The molecule has 2 aromatic carbocycles. The second-order valence-electron chi connectivity index (χ2n) is 5.17. The summed E-state index contributed by atoms with van der Waals surface area (Å²) in [5.41, 5.74) is 0.920. The lowest BCUT2D eigenvalue weighted by Gasteiger charge is -2.10. The quantitative estimate of drug-likeness (QED) is 0.464. The third-order valence-electron chi connectivity index (χ3n) is 3.33. The maximum absolute atomic E-state index is 12.4. The Morgan fingerprint density at radius 3 is 2.46 bits per heavy atom. The summed E-state index contributed by atoms with van der Waals surface area (Å²) in [7, 11) is 0. The highest BCUT2D eigenvalue weighted by molar-refractivity contribution is 7.98. The molecule has 3 aromatic rings. The lowest BCUT2D eigenvalue weighted by molar-refractivity contribution is 0.705. The Balaban J connectivity index is 1.78. The van der Waals surface area contributed by atoms with E-state index in [2.05, 4.69) is 15.5 Å². The van der Waals surface area contributed by atoms with E-state index in [9.17, 15) is 4.79 Å². The van der Waals surface area contributed by atoms with Crippen LogP contribution in [-0.4, -0.2) is 14.9 Å². The number of benzene rings is 2. The molecule has 1 aromatic heterocycles. The SMILES string of the molecule is Nn1c(SCc2ccc(Cl)cc2)nnc(Nc2cc(Cl)ccc2Cl)c1=O. The first-order valence-corrected chi connectivity index (χ1v) is 9.40. The van der Waals surface area contributed by atoms with Gasteiger partial charge in [-0.1, -0.05) is 58.7 Å². The molecule has 3 rings (SSSR count). The standard InChI is InChI=1S/C16H12Cl3N5OS/c17-10-3-1-9(2-4-10)8-26-16-23-22-14(15(25)24(16)20)21-13-7-11(18)5-6-12(13)19/h1-7H,8,20H2,(H,21,22). The van der Waals surface area contributed by atoms with Crippen molar-refractivity contribution in [3.05, 3.63) is 73.4 Å². The van der Waals surface area contributed by atoms with E-state index in [0.717, 1.165) is 10.2 Å². The van der Waals surface area contributed by atoms with Gasteiger partial charge in [0.15, 0.2) is 0 Å². The monoisotopic (exact) mass is 427 g/mol. The van der Waals surface area contributed by atoms with Gasteiger partial charge in [0.05, 0.1) is 10.7 Å². The van der Waals surface area contributed by atoms with Crippen LogP contribution in [0.5, 0.6) is 0 Å². The predicted octanol–water partition coefficient (Wildman–Crippen LogP) is 4.35. The van der Waals surface area contributed by atoms with Crippen molar-refractivity contribution >= 4 is 58.1 Å². The second-order valence-corrected chi connectivity index (χ2v) is 7.39. The van der Waals surface area contributed by atoms with E-state index in [0.29, 0.717) is 26.5 Å². The summed E-state index contributed by atoms with van der Waals surface area (Å²) in [5, 5.41) is 12.5. The third kappa shape index (κ3) is 4.42. The number of aromatic nitrogens is 3. The van der Waals surface area contributed by atoms with Crippen LogP contribution < -0.4 is 16.7 Å². The summed E-state index contributed by atoms with van der Waals surface area (Å²) >= 11 is 19.2. The van der Waals surface area contributed by atoms with Gasteiger partial charge >= 0.3 is 5.56 Å². The number of nitrogens with two attached hydrogens (primary N) is 1. The number of nitrogen functional groups attached to an aromatic ring is 1. The summed E-state index contributed by atoms with van der Waals surface area (Å²) in [4.78, 5) is 12.4. The van der Waals surface area contributed by atoms with Crippen LogP contribution in [0.3, 0.4) is 0 Å². The van der Waals surface area contributed by atoms with E-state index in [1.165, 1.54) is 11.8 Å². The number of halogens is 3. The van der Waals surface area contributed by atoms with Gasteiger partial charge in [-0.2, -0.15) is 4.68 Å². The van der Waals surface area contributed by atoms with Crippen LogP contribution in [0.25, 0.3) is 0 Å². The number of nitrogens with zero attached hydrogens (tertiary/aromatic N) is 3. The van der Waals surface area contributed by atoms with Crippen molar-refractivity contribution in [2.75, 3.05) is 11.2 Å². The molecule has 0 atom stereocenters. The Morgan fingerprint density at radius 1 is 1.04 bits per heavy atom. The molecule has 0 saturated carbocycles. The molecule has 0 aliphatic rings. The smallest absolute Gasteiger partial charge is 0.315 e. The predicted molar refractivity (Wildman–Crippen MR) is 107 cm³/mol. The van der Waals surface area contributed by atoms with Gasteiger partial charge in [-0.25, -0.2) is 0 Å². The average Bonchev–Trinajstić information content (AvgIpc) is 2.63. The van der Waals surface area contributed by atoms with Gasteiger partial charge in [-0.15, -0.1) is 10.2 Å². The van der Waals surface area contributed by atoms with Crippen molar-refractivity contribution in [2.45, 2.75) is 10.9 Å². The minimum absolute atomic E-state index is 0.0486. The number of anilines is 2.